The van der Waals surface area contributed by atoms with Crippen LogP contribution in [0.5, 0.6) is 0 Å². The Morgan fingerprint density at radius 3 is 2.86 bits per heavy atom. The summed E-state index contributed by atoms with van der Waals surface area (Å²) in [5, 5.41) is 4.98. The lowest BCUT2D eigenvalue weighted by molar-refractivity contribution is 0.665. The molecule has 2 rings (SSSR count). The first-order chi connectivity index (χ1) is 6.75. The first kappa shape index (κ1) is 9.28. The van der Waals surface area contributed by atoms with Gasteiger partial charge in [0, 0.05) is 16.9 Å². The average Bonchev–Trinajstić information content (AvgIpc) is 2.52. The highest BCUT2D eigenvalue weighted by Gasteiger charge is 1.98. The summed E-state index contributed by atoms with van der Waals surface area (Å²) < 4.78 is 1.95. The molecule has 0 saturated carbocycles. The second-order valence-electron chi connectivity index (χ2n) is 3.26. The molecule has 14 heavy (non-hydrogen) atoms. The van der Waals surface area contributed by atoms with Crippen LogP contribution in [0.3, 0.4) is 0 Å². The molecular weight excluding hydrogens is 196 g/mol. The van der Waals surface area contributed by atoms with Crippen LogP contribution in [0.25, 0.3) is 0 Å². The van der Waals surface area contributed by atoms with Gasteiger partial charge >= 0.3 is 0 Å². The minimum Gasteiger partial charge on any atom is -0.265 e. The van der Waals surface area contributed by atoms with Gasteiger partial charge in [0.15, 0.2) is 0 Å². The van der Waals surface area contributed by atoms with Gasteiger partial charge in [0.05, 0.1) is 6.54 Å². The number of nitrogens with zero attached hydrogens (tertiary/aromatic N) is 2. The Balaban J connectivity index is 2.23. The summed E-state index contributed by atoms with van der Waals surface area (Å²) >= 11 is 5.90. The summed E-state index contributed by atoms with van der Waals surface area (Å²) in [7, 11) is 0. The summed E-state index contributed by atoms with van der Waals surface area (Å²) in [4.78, 5) is 0. The smallest absolute Gasteiger partial charge is 0.0662 e. The van der Waals surface area contributed by atoms with Crippen molar-refractivity contribution in [3.8, 4) is 0 Å². The van der Waals surface area contributed by atoms with Crippen molar-refractivity contribution in [3.05, 3.63) is 52.8 Å². The van der Waals surface area contributed by atoms with Crippen molar-refractivity contribution in [1.29, 1.82) is 0 Å². The molecule has 2 nitrogen and oxygen atoms in total. The lowest BCUT2D eigenvalue weighted by Gasteiger charge is -2.04. The third-order valence-corrected chi connectivity index (χ3v) is 2.39. The molecule has 0 unspecified atom stereocenters. The molecule has 0 N–H and O–H groups in total. The van der Waals surface area contributed by atoms with Gasteiger partial charge in [0.2, 0.25) is 0 Å². The molecule has 1 heterocycles. The Labute approximate surface area is 88.1 Å². The van der Waals surface area contributed by atoms with Crippen molar-refractivity contribution < 1.29 is 0 Å². The summed E-state index contributed by atoms with van der Waals surface area (Å²) in [6.07, 6.45) is 1.81. The molecule has 0 aliphatic carbocycles. The average molecular weight is 207 g/mol. The van der Waals surface area contributed by atoms with E-state index in [0.29, 0.717) is 0 Å². The fraction of sp³-hybridized carbons (Fsp3) is 0.182. The molecule has 0 fully saturated rings. The standard InChI is InChI=1S/C11H11ClN2/c1-9-5-6-13-14(9)8-10-3-2-4-11(12)7-10/h2-7H,8H2,1H3. The van der Waals surface area contributed by atoms with Gasteiger partial charge in [-0.2, -0.15) is 5.10 Å². The van der Waals surface area contributed by atoms with E-state index in [0.717, 1.165) is 17.3 Å². The molecule has 72 valence electrons. The normalized spacial score (nSPS) is 10.4. The molecule has 0 amide bonds. The van der Waals surface area contributed by atoms with Crippen LogP contribution in [0, 0.1) is 6.92 Å². The Morgan fingerprint density at radius 1 is 1.36 bits per heavy atom. The number of rotatable bonds is 2. The van der Waals surface area contributed by atoms with Crippen LogP contribution in [-0.2, 0) is 6.54 Å². The lowest BCUT2D eigenvalue weighted by atomic mass is 10.2. The number of aryl methyl sites for hydroxylation is 1. The highest BCUT2D eigenvalue weighted by atomic mass is 35.5. The summed E-state index contributed by atoms with van der Waals surface area (Å²) in [5.41, 5.74) is 2.33. The SMILES string of the molecule is Cc1ccnn1Cc1cccc(Cl)c1. The molecular formula is C11H11ClN2. The van der Waals surface area contributed by atoms with Crippen LogP contribution in [0.4, 0.5) is 0 Å². The van der Waals surface area contributed by atoms with Crippen LogP contribution in [0.2, 0.25) is 5.02 Å². The van der Waals surface area contributed by atoms with Crippen molar-refractivity contribution in [1.82, 2.24) is 9.78 Å². The molecule has 0 radical (unpaired) electrons. The van der Waals surface area contributed by atoms with E-state index in [1.165, 1.54) is 5.56 Å². The van der Waals surface area contributed by atoms with E-state index in [4.69, 9.17) is 11.6 Å². The van der Waals surface area contributed by atoms with E-state index >= 15 is 0 Å². The lowest BCUT2D eigenvalue weighted by Crippen LogP contribution is -2.03. The topological polar surface area (TPSA) is 17.8 Å². The minimum atomic E-state index is 0.771. The molecule has 0 spiro atoms. The van der Waals surface area contributed by atoms with Gasteiger partial charge < -0.3 is 0 Å². The first-order valence-electron chi connectivity index (χ1n) is 4.48. The van der Waals surface area contributed by atoms with Gasteiger partial charge in [0.25, 0.3) is 0 Å². The quantitative estimate of drug-likeness (QED) is 0.739. The molecule has 0 aliphatic heterocycles. The molecule has 3 heteroatoms. The van der Waals surface area contributed by atoms with E-state index in [1.54, 1.807) is 6.20 Å². The third-order valence-electron chi connectivity index (χ3n) is 2.15. The van der Waals surface area contributed by atoms with Crippen molar-refractivity contribution in [2.45, 2.75) is 13.5 Å². The Morgan fingerprint density at radius 2 is 2.21 bits per heavy atom. The van der Waals surface area contributed by atoms with Crippen LogP contribution in [0.15, 0.2) is 36.5 Å². The Kier molecular flexibility index (Phi) is 2.55. The molecule has 0 atom stereocenters. The molecule has 0 saturated heterocycles. The van der Waals surface area contributed by atoms with Gasteiger partial charge in [-0.05, 0) is 30.7 Å². The number of aromatic nitrogens is 2. The van der Waals surface area contributed by atoms with Gasteiger partial charge in [0.1, 0.15) is 0 Å². The monoisotopic (exact) mass is 206 g/mol. The van der Waals surface area contributed by atoms with Crippen molar-refractivity contribution in [2.75, 3.05) is 0 Å². The summed E-state index contributed by atoms with van der Waals surface area (Å²) in [6.45, 7) is 2.82. The van der Waals surface area contributed by atoms with Gasteiger partial charge in [-0.25, -0.2) is 0 Å². The molecule has 1 aromatic carbocycles. The zero-order valence-corrected chi connectivity index (χ0v) is 8.70. The maximum atomic E-state index is 5.90. The zero-order valence-electron chi connectivity index (χ0n) is 7.94. The molecule has 0 aliphatic rings. The zero-order chi connectivity index (χ0) is 9.97. The van der Waals surface area contributed by atoms with Crippen LogP contribution in [0.1, 0.15) is 11.3 Å². The van der Waals surface area contributed by atoms with E-state index < -0.39 is 0 Å². The fourth-order valence-electron chi connectivity index (χ4n) is 1.37. The molecule has 2 aromatic rings. The predicted molar refractivity (Wildman–Crippen MR) is 57.5 cm³/mol. The fourth-order valence-corrected chi connectivity index (χ4v) is 1.59. The van der Waals surface area contributed by atoms with E-state index in [1.807, 2.05) is 41.9 Å². The largest absolute Gasteiger partial charge is 0.265 e. The highest BCUT2D eigenvalue weighted by molar-refractivity contribution is 6.30. The number of benzene rings is 1. The van der Waals surface area contributed by atoms with E-state index in [-0.39, 0.29) is 0 Å². The predicted octanol–water partition coefficient (Wildman–Crippen LogP) is 2.89. The Bertz CT molecular complexity index is 434. The maximum absolute atomic E-state index is 5.90. The second kappa shape index (κ2) is 3.84. The van der Waals surface area contributed by atoms with Crippen LogP contribution in [-0.4, -0.2) is 9.78 Å². The number of hydrogen-bond donors (Lipinski definition) is 0. The first-order valence-corrected chi connectivity index (χ1v) is 4.86. The van der Waals surface area contributed by atoms with Gasteiger partial charge in [-0.3, -0.25) is 4.68 Å². The Hall–Kier alpha value is -1.28. The van der Waals surface area contributed by atoms with Crippen LogP contribution >= 0.6 is 11.6 Å². The van der Waals surface area contributed by atoms with E-state index in [9.17, 15) is 0 Å². The molecule has 0 bridgehead atoms. The summed E-state index contributed by atoms with van der Waals surface area (Å²) in [6, 6.07) is 9.83. The van der Waals surface area contributed by atoms with Crippen molar-refractivity contribution in [2.24, 2.45) is 0 Å². The van der Waals surface area contributed by atoms with E-state index in [2.05, 4.69) is 5.10 Å². The third kappa shape index (κ3) is 1.96. The molecule has 1 aromatic heterocycles. The minimum absolute atomic E-state index is 0.771. The number of hydrogen-bond acceptors (Lipinski definition) is 1. The highest BCUT2D eigenvalue weighted by Crippen LogP contribution is 2.12. The van der Waals surface area contributed by atoms with Gasteiger partial charge in [-0.15, -0.1) is 0 Å². The number of halogens is 1. The summed E-state index contributed by atoms with van der Waals surface area (Å²) in [5.74, 6) is 0. The maximum Gasteiger partial charge on any atom is 0.0662 e. The van der Waals surface area contributed by atoms with Crippen molar-refractivity contribution in [3.63, 3.8) is 0 Å². The van der Waals surface area contributed by atoms with Gasteiger partial charge in [-0.1, -0.05) is 23.7 Å². The van der Waals surface area contributed by atoms with Crippen molar-refractivity contribution >= 4 is 11.6 Å². The second-order valence-corrected chi connectivity index (χ2v) is 3.70. The van der Waals surface area contributed by atoms with Crippen LogP contribution < -0.4 is 0 Å².